The van der Waals surface area contributed by atoms with Crippen molar-refractivity contribution in [3.05, 3.63) is 57.3 Å². The molecule has 82 valence electrons. The Hall–Kier alpha value is -1.26. The van der Waals surface area contributed by atoms with Crippen LogP contribution < -0.4 is 0 Å². The van der Waals surface area contributed by atoms with E-state index in [1.807, 2.05) is 0 Å². The molecule has 2 aromatic rings. The van der Waals surface area contributed by atoms with Gasteiger partial charge >= 0.3 is 0 Å². The van der Waals surface area contributed by atoms with Crippen LogP contribution in [0.3, 0.4) is 0 Å². The van der Waals surface area contributed by atoms with E-state index in [0.29, 0.717) is 21.9 Å². The van der Waals surface area contributed by atoms with E-state index in [4.69, 9.17) is 23.8 Å². The number of aromatic nitrogens is 2. The third-order valence-corrected chi connectivity index (χ3v) is 2.69. The fourth-order valence-electron chi connectivity index (χ4n) is 1.35. The number of hydrogen-bond donors (Lipinski definition) is 1. The van der Waals surface area contributed by atoms with Gasteiger partial charge in [-0.1, -0.05) is 29.9 Å². The molecule has 0 unspecified atom stereocenters. The summed E-state index contributed by atoms with van der Waals surface area (Å²) in [6.45, 7) is 0. The van der Waals surface area contributed by atoms with Gasteiger partial charge in [0.05, 0.1) is 0 Å². The third-order valence-electron chi connectivity index (χ3n) is 2.10. The van der Waals surface area contributed by atoms with Crippen molar-refractivity contribution in [3.63, 3.8) is 0 Å². The summed E-state index contributed by atoms with van der Waals surface area (Å²) in [5.74, 6) is 0.365. The zero-order chi connectivity index (χ0) is 11.5. The summed E-state index contributed by atoms with van der Waals surface area (Å²) in [5, 5.41) is 0.393. The van der Waals surface area contributed by atoms with Crippen molar-refractivity contribution in [2.45, 2.75) is 6.42 Å². The zero-order valence-corrected chi connectivity index (χ0v) is 9.78. The van der Waals surface area contributed by atoms with Crippen LogP contribution in [0, 0.1) is 10.5 Å². The van der Waals surface area contributed by atoms with Crippen molar-refractivity contribution in [2.24, 2.45) is 0 Å². The Morgan fingerprint density at radius 3 is 2.88 bits per heavy atom. The van der Waals surface area contributed by atoms with Gasteiger partial charge in [-0.15, -0.1) is 0 Å². The second kappa shape index (κ2) is 4.72. The van der Waals surface area contributed by atoms with Crippen LogP contribution in [0.2, 0.25) is 5.02 Å². The lowest BCUT2D eigenvalue weighted by Gasteiger charge is -2.03. The number of hydrogen-bond acceptors (Lipinski definition) is 2. The molecule has 2 rings (SSSR count). The Bertz CT molecular complexity index is 568. The summed E-state index contributed by atoms with van der Waals surface area (Å²) >= 11 is 10.9. The van der Waals surface area contributed by atoms with E-state index in [2.05, 4.69) is 9.97 Å². The fourth-order valence-corrected chi connectivity index (χ4v) is 1.76. The van der Waals surface area contributed by atoms with E-state index < -0.39 is 0 Å². The highest BCUT2D eigenvalue weighted by atomic mass is 35.5. The summed E-state index contributed by atoms with van der Waals surface area (Å²) in [6, 6.07) is 6.00. The van der Waals surface area contributed by atoms with Gasteiger partial charge in [0.25, 0.3) is 0 Å². The van der Waals surface area contributed by atoms with Crippen LogP contribution in [-0.2, 0) is 6.42 Å². The van der Waals surface area contributed by atoms with Gasteiger partial charge in [0.1, 0.15) is 16.3 Å². The Morgan fingerprint density at radius 2 is 2.19 bits per heavy atom. The molecular formula is C11H8ClFN2S. The number of nitrogens with zero attached hydrogens (tertiary/aromatic N) is 1. The van der Waals surface area contributed by atoms with Gasteiger partial charge in [0.15, 0.2) is 0 Å². The molecule has 2 nitrogen and oxygen atoms in total. The summed E-state index contributed by atoms with van der Waals surface area (Å²) < 4.78 is 13.4. The normalized spacial score (nSPS) is 10.4. The second-order valence-electron chi connectivity index (χ2n) is 3.29. The lowest BCUT2D eigenvalue weighted by molar-refractivity contribution is 0.627. The molecule has 0 aliphatic carbocycles. The van der Waals surface area contributed by atoms with Crippen molar-refractivity contribution in [3.8, 4) is 0 Å². The number of rotatable bonds is 2. The minimum Gasteiger partial charge on any atom is -0.335 e. The number of halogens is 2. The highest BCUT2D eigenvalue weighted by Gasteiger charge is 2.04. The second-order valence-corrected chi connectivity index (χ2v) is 4.14. The molecule has 0 fully saturated rings. The molecule has 0 amide bonds. The summed E-state index contributed by atoms with van der Waals surface area (Å²) in [4.78, 5) is 7.07. The monoisotopic (exact) mass is 254 g/mol. The summed E-state index contributed by atoms with van der Waals surface area (Å²) in [5.41, 5.74) is 0.812. The van der Waals surface area contributed by atoms with Crippen LogP contribution >= 0.6 is 23.8 Å². The lowest BCUT2D eigenvalue weighted by Crippen LogP contribution is -1.96. The maximum Gasteiger partial charge on any atom is 0.124 e. The van der Waals surface area contributed by atoms with Gasteiger partial charge in [0, 0.05) is 17.6 Å². The molecule has 1 N–H and O–H groups in total. The standard InChI is InChI=1S/C11H8ClFN2S/c12-9-6-8(13)2-1-7(9)5-10-14-4-3-11(16)15-10/h1-4,6H,5H2,(H,14,15,16). The Morgan fingerprint density at radius 1 is 1.38 bits per heavy atom. The number of nitrogens with one attached hydrogen (secondary N) is 1. The molecule has 0 aliphatic heterocycles. The SMILES string of the molecule is Fc1ccc(Cc2nccc(=S)[nH]2)c(Cl)c1. The minimum atomic E-state index is -0.345. The van der Waals surface area contributed by atoms with Gasteiger partial charge in [-0.25, -0.2) is 9.37 Å². The molecule has 1 aromatic heterocycles. The van der Waals surface area contributed by atoms with Gasteiger partial charge < -0.3 is 4.98 Å². The molecule has 0 spiro atoms. The van der Waals surface area contributed by atoms with Gasteiger partial charge in [-0.05, 0) is 23.8 Å². The van der Waals surface area contributed by atoms with E-state index >= 15 is 0 Å². The van der Waals surface area contributed by atoms with E-state index in [-0.39, 0.29) is 5.82 Å². The Labute approximate surface area is 102 Å². The van der Waals surface area contributed by atoms with E-state index in [0.717, 1.165) is 5.56 Å². The van der Waals surface area contributed by atoms with Gasteiger partial charge in [-0.2, -0.15) is 0 Å². The number of H-pyrrole nitrogens is 1. The molecule has 0 bridgehead atoms. The molecule has 1 aromatic carbocycles. The van der Waals surface area contributed by atoms with Crippen LogP contribution in [0.1, 0.15) is 11.4 Å². The zero-order valence-electron chi connectivity index (χ0n) is 8.21. The minimum absolute atomic E-state index is 0.345. The van der Waals surface area contributed by atoms with Crippen LogP contribution in [0.4, 0.5) is 4.39 Å². The van der Waals surface area contributed by atoms with Crippen molar-refractivity contribution < 1.29 is 4.39 Å². The van der Waals surface area contributed by atoms with Crippen LogP contribution in [0.15, 0.2) is 30.5 Å². The van der Waals surface area contributed by atoms with Gasteiger partial charge in [0.2, 0.25) is 0 Å². The molecule has 0 saturated heterocycles. The molecule has 0 aliphatic rings. The Kier molecular flexibility index (Phi) is 3.31. The van der Waals surface area contributed by atoms with Crippen molar-refractivity contribution in [1.82, 2.24) is 9.97 Å². The molecular weight excluding hydrogens is 247 g/mol. The average molecular weight is 255 g/mol. The van der Waals surface area contributed by atoms with E-state index in [1.54, 1.807) is 18.3 Å². The quantitative estimate of drug-likeness (QED) is 0.831. The highest BCUT2D eigenvalue weighted by molar-refractivity contribution is 7.71. The smallest absolute Gasteiger partial charge is 0.124 e. The molecule has 1 heterocycles. The van der Waals surface area contributed by atoms with E-state index in [9.17, 15) is 4.39 Å². The predicted octanol–water partition coefficient (Wildman–Crippen LogP) is 3.52. The van der Waals surface area contributed by atoms with Crippen LogP contribution in [0.25, 0.3) is 0 Å². The molecule has 5 heteroatoms. The topological polar surface area (TPSA) is 28.7 Å². The highest BCUT2D eigenvalue weighted by Crippen LogP contribution is 2.19. The largest absolute Gasteiger partial charge is 0.335 e. The van der Waals surface area contributed by atoms with E-state index in [1.165, 1.54) is 12.1 Å². The first-order valence-corrected chi connectivity index (χ1v) is 5.42. The van der Waals surface area contributed by atoms with Crippen molar-refractivity contribution in [1.29, 1.82) is 0 Å². The maximum absolute atomic E-state index is 12.8. The maximum atomic E-state index is 12.8. The predicted molar refractivity (Wildman–Crippen MR) is 63.6 cm³/mol. The van der Waals surface area contributed by atoms with Crippen molar-refractivity contribution in [2.75, 3.05) is 0 Å². The number of aromatic amines is 1. The summed E-state index contributed by atoms with van der Waals surface area (Å²) in [7, 11) is 0. The van der Waals surface area contributed by atoms with Crippen LogP contribution in [0.5, 0.6) is 0 Å². The Balaban J connectivity index is 2.30. The van der Waals surface area contributed by atoms with Crippen LogP contribution in [-0.4, -0.2) is 9.97 Å². The first-order valence-electron chi connectivity index (χ1n) is 4.63. The summed E-state index contributed by atoms with van der Waals surface area (Å²) in [6.07, 6.45) is 2.13. The first kappa shape index (κ1) is 11.2. The lowest BCUT2D eigenvalue weighted by atomic mass is 10.1. The third kappa shape index (κ3) is 2.65. The van der Waals surface area contributed by atoms with Gasteiger partial charge in [-0.3, -0.25) is 0 Å². The molecule has 0 saturated carbocycles. The molecule has 0 atom stereocenters. The van der Waals surface area contributed by atoms with Crippen molar-refractivity contribution >= 4 is 23.8 Å². The number of benzene rings is 1. The molecule has 16 heavy (non-hydrogen) atoms. The molecule has 0 radical (unpaired) electrons. The average Bonchev–Trinajstić information content (AvgIpc) is 2.22. The fraction of sp³-hybridized carbons (Fsp3) is 0.0909. The first-order chi connectivity index (χ1) is 7.65.